The summed E-state index contributed by atoms with van der Waals surface area (Å²) in [6.07, 6.45) is 6.03. The second kappa shape index (κ2) is 7.32. The van der Waals surface area contributed by atoms with Crippen molar-refractivity contribution in [2.75, 3.05) is 57.9 Å². The van der Waals surface area contributed by atoms with Crippen LogP contribution in [0.5, 0.6) is 0 Å². The minimum atomic E-state index is -0.236. The Labute approximate surface area is 130 Å². The van der Waals surface area contributed by atoms with Gasteiger partial charge < -0.3 is 19.9 Å². The Hall–Kier alpha value is -1.28. The van der Waals surface area contributed by atoms with Gasteiger partial charge in [-0.1, -0.05) is 0 Å². The van der Waals surface area contributed by atoms with Gasteiger partial charge in [-0.15, -0.1) is 0 Å². The van der Waals surface area contributed by atoms with E-state index in [4.69, 9.17) is 14.6 Å². The zero-order valence-electron chi connectivity index (χ0n) is 12.8. The van der Waals surface area contributed by atoms with Crippen LogP contribution in [0.25, 0.3) is 0 Å². The summed E-state index contributed by atoms with van der Waals surface area (Å²) in [5.74, 6) is 1.22. The summed E-state index contributed by atoms with van der Waals surface area (Å²) in [6.45, 7) is 5.42. The number of nitrogens with zero attached hydrogens (tertiary/aromatic N) is 3. The number of ether oxygens (including phenoxy) is 2. The van der Waals surface area contributed by atoms with E-state index in [1.165, 1.54) is 0 Å². The predicted octanol–water partition coefficient (Wildman–Crippen LogP) is -0.0117. The molecule has 2 aliphatic heterocycles. The largest absolute Gasteiger partial charge is 0.395 e. The quantitative estimate of drug-likeness (QED) is 0.792. The summed E-state index contributed by atoms with van der Waals surface area (Å²) in [6, 6.07) is 0. The summed E-state index contributed by atoms with van der Waals surface area (Å²) in [7, 11) is 0. The lowest BCUT2D eigenvalue weighted by Crippen LogP contribution is -2.45. The average molecular weight is 308 g/mol. The van der Waals surface area contributed by atoms with Crippen LogP contribution in [0, 0.1) is 5.92 Å². The fourth-order valence-corrected chi connectivity index (χ4v) is 3.24. The van der Waals surface area contributed by atoms with E-state index in [0.717, 1.165) is 38.5 Å². The molecule has 0 radical (unpaired) electrons. The Morgan fingerprint density at radius 2 is 2.41 bits per heavy atom. The third-order valence-corrected chi connectivity index (χ3v) is 4.27. The highest BCUT2D eigenvalue weighted by Gasteiger charge is 2.43. The fraction of sp³-hybridized carbons (Fsp3) is 0.733. The second-order valence-electron chi connectivity index (χ2n) is 6.09. The van der Waals surface area contributed by atoms with Crippen LogP contribution in [0.4, 0.5) is 5.82 Å². The number of anilines is 1. The van der Waals surface area contributed by atoms with Crippen molar-refractivity contribution in [3.63, 3.8) is 0 Å². The van der Waals surface area contributed by atoms with Crippen molar-refractivity contribution >= 4 is 5.82 Å². The van der Waals surface area contributed by atoms with Gasteiger partial charge >= 0.3 is 0 Å². The van der Waals surface area contributed by atoms with Gasteiger partial charge in [0.25, 0.3) is 0 Å². The number of rotatable bonds is 5. The first-order valence-electron chi connectivity index (χ1n) is 7.84. The first-order valence-corrected chi connectivity index (χ1v) is 7.84. The van der Waals surface area contributed by atoms with E-state index in [1.807, 2.05) is 0 Å². The van der Waals surface area contributed by atoms with Crippen LogP contribution in [0.2, 0.25) is 0 Å². The molecular weight excluding hydrogens is 284 g/mol. The number of aliphatic hydroxyl groups excluding tert-OH is 1. The number of aliphatic hydroxyl groups is 1. The van der Waals surface area contributed by atoms with Gasteiger partial charge in [0, 0.05) is 44.5 Å². The Kier molecular flexibility index (Phi) is 5.20. The smallest absolute Gasteiger partial charge is 0.144 e. The van der Waals surface area contributed by atoms with E-state index in [-0.39, 0.29) is 12.2 Å². The van der Waals surface area contributed by atoms with Gasteiger partial charge in [-0.05, 0) is 6.42 Å². The lowest BCUT2D eigenvalue weighted by atomic mass is 9.94. The van der Waals surface area contributed by atoms with Crippen molar-refractivity contribution in [1.29, 1.82) is 0 Å². The van der Waals surface area contributed by atoms with Gasteiger partial charge in [0.1, 0.15) is 11.4 Å². The van der Waals surface area contributed by atoms with Crippen molar-refractivity contribution in [3.05, 3.63) is 18.6 Å². The highest BCUT2D eigenvalue weighted by molar-refractivity contribution is 5.29. The van der Waals surface area contributed by atoms with Gasteiger partial charge in [-0.2, -0.15) is 0 Å². The first kappa shape index (κ1) is 15.6. The molecule has 1 spiro atoms. The van der Waals surface area contributed by atoms with Gasteiger partial charge in [-0.3, -0.25) is 9.88 Å². The average Bonchev–Trinajstić information content (AvgIpc) is 2.82. The fourth-order valence-electron chi connectivity index (χ4n) is 3.24. The molecule has 3 rings (SSSR count). The summed E-state index contributed by atoms with van der Waals surface area (Å²) >= 11 is 0. The minimum absolute atomic E-state index is 0.174. The Bertz CT molecular complexity index is 461. The summed E-state index contributed by atoms with van der Waals surface area (Å²) in [5, 5.41) is 12.5. The minimum Gasteiger partial charge on any atom is -0.395 e. The molecule has 2 fully saturated rings. The molecule has 1 aromatic rings. The van der Waals surface area contributed by atoms with E-state index < -0.39 is 0 Å². The lowest BCUT2D eigenvalue weighted by Gasteiger charge is -2.30. The molecule has 3 heterocycles. The molecule has 1 aromatic heterocycles. The molecule has 2 atom stereocenters. The number of β-amino-alcohol motifs (C(OH)–C–C–N with tert-alkyl or cyclic N) is 1. The van der Waals surface area contributed by atoms with Gasteiger partial charge in [0.15, 0.2) is 0 Å². The van der Waals surface area contributed by atoms with Gasteiger partial charge in [-0.25, -0.2) is 4.98 Å². The van der Waals surface area contributed by atoms with Crippen molar-refractivity contribution in [1.82, 2.24) is 14.9 Å². The molecular formula is C15H24N4O3. The maximum atomic E-state index is 9.16. The Balaban J connectivity index is 1.53. The topological polar surface area (TPSA) is 79.7 Å². The normalized spacial score (nSPS) is 29.6. The molecule has 2 aliphatic rings. The molecule has 2 N–H and O–H groups in total. The van der Waals surface area contributed by atoms with E-state index in [0.29, 0.717) is 25.7 Å². The summed E-state index contributed by atoms with van der Waals surface area (Å²) < 4.78 is 11.8. The van der Waals surface area contributed by atoms with E-state index in [2.05, 4.69) is 20.2 Å². The van der Waals surface area contributed by atoms with Crippen LogP contribution < -0.4 is 5.32 Å². The molecule has 22 heavy (non-hydrogen) atoms. The van der Waals surface area contributed by atoms with Crippen molar-refractivity contribution in [2.45, 2.75) is 12.0 Å². The van der Waals surface area contributed by atoms with Crippen molar-refractivity contribution in [3.8, 4) is 0 Å². The molecule has 122 valence electrons. The van der Waals surface area contributed by atoms with Crippen LogP contribution in [0.15, 0.2) is 18.6 Å². The molecule has 2 saturated heterocycles. The first-order chi connectivity index (χ1) is 10.8. The number of hydrogen-bond donors (Lipinski definition) is 2. The maximum absolute atomic E-state index is 9.16. The Morgan fingerprint density at radius 1 is 1.45 bits per heavy atom. The molecule has 0 saturated carbocycles. The number of hydrogen-bond acceptors (Lipinski definition) is 7. The second-order valence-corrected chi connectivity index (χ2v) is 6.09. The van der Waals surface area contributed by atoms with Crippen LogP contribution in [-0.4, -0.2) is 78.2 Å². The zero-order chi connectivity index (χ0) is 15.3. The zero-order valence-corrected chi connectivity index (χ0v) is 12.8. The molecule has 0 bridgehead atoms. The van der Waals surface area contributed by atoms with Gasteiger partial charge in [0.05, 0.1) is 32.6 Å². The third-order valence-electron chi connectivity index (χ3n) is 4.27. The summed E-state index contributed by atoms with van der Waals surface area (Å²) in [5.41, 5.74) is -0.236. The monoisotopic (exact) mass is 308 g/mol. The lowest BCUT2D eigenvalue weighted by molar-refractivity contribution is -0.0563. The molecule has 0 aliphatic carbocycles. The van der Waals surface area contributed by atoms with Crippen molar-refractivity contribution < 1.29 is 14.6 Å². The van der Waals surface area contributed by atoms with Crippen LogP contribution >= 0.6 is 0 Å². The maximum Gasteiger partial charge on any atom is 0.144 e. The summed E-state index contributed by atoms with van der Waals surface area (Å²) in [4.78, 5) is 10.5. The molecule has 7 heteroatoms. The highest BCUT2D eigenvalue weighted by Crippen LogP contribution is 2.32. The molecule has 7 nitrogen and oxygen atoms in total. The highest BCUT2D eigenvalue weighted by atomic mass is 16.5. The predicted molar refractivity (Wildman–Crippen MR) is 81.7 cm³/mol. The SMILES string of the molecule is OCCN1CCOC[C@@]2(C[C@H](CNc3cnccn3)CO2)C1. The molecule has 0 aromatic carbocycles. The van der Waals surface area contributed by atoms with Crippen LogP contribution in [0.3, 0.4) is 0 Å². The van der Waals surface area contributed by atoms with Crippen molar-refractivity contribution in [2.24, 2.45) is 5.92 Å². The van der Waals surface area contributed by atoms with Gasteiger partial charge in [0.2, 0.25) is 0 Å². The Morgan fingerprint density at radius 3 is 3.23 bits per heavy atom. The van der Waals surface area contributed by atoms with E-state index in [9.17, 15) is 0 Å². The number of aromatic nitrogens is 2. The van der Waals surface area contributed by atoms with Crippen LogP contribution in [0.1, 0.15) is 6.42 Å². The third kappa shape index (κ3) is 3.92. The molecule has 0 unspecified atom stereocenters. The number of nitrogens with one attached hydrogen (secondary N) is 1. The van der Waals surface area contributed by atoms with Crippen LogP contribution in [-0.2, 0) is 9.47 Å². The van der Waals surface area contributed by atoms with E-state index in [1.54, 1.807) is 18.6 Å². The van der Waals surface area contributed by atoms with E-state index >= 15 is 0 Å². The molecule has 0 amide bonds. The standard InChI is InChI=1S/C15H24N4O3/c20-5-3-19-4-6-21-12-15(11-19)7-13(10-22-15)8-18-14-9-16-1-2-17-14/h1-2,9,13,20H,3-8,10-12H2,(H,17,18)/t13-,15-/m1/s1.